The Morgan fingerprint density at radius 2 is 2.25 bits per heavy atom. The number of hydrogen-bond acceptors (Lipinski definition) is 7. The van der Waals surface area contributed by atoms with Crippen molar-refractivity contribution in [1.29, 1.82) is 0 Å². The van der Waals surface area contributed by atoms with Gasteiger partial charge in [0.15, 0.2) is 5.13 Å². The van der Waals surface area contributed by atoms with Crippen molar-refractivity contribution >= 4 is 28.1 Å². The Hall–Kier alpha value is -1.63. The van der Waals surface area contributed by atoms with E-state index in [1.54, 1.807) is 20.8 Å². The SMILES string of the molecule is CC(C)(C)OC(=O)C(=NO)c1csc(N)n1. The molecule has 0 aliphatic carbocycles. The van der Waals surface area contributed by atoms with Gasteiger partial charge in [0.05, 0.1) is 0 Å². The number of carbonyl (C=O) groups is 1. The summed E-state index contributed by atoms with van der Waals surface area (Å²) in [4.78, 5) is 15.4. The summed E-state index contributed by atoms with van der Waals surface area (Å²) in [6.45, 7) is 5.15. The number of thiazole rings is 1. The number of esters is 1. The van der Waals surface area contributed by atoms with Crippen LogP contribution in [0.15, 0.2) is 10.5 Å². The molecule has 0 aromatic carbocycles. The Morgan fingerprint density at radius 3 is 2.62 bits per heavy atom. The van der Waals surface area contributed by atoms with Crippen LogP contribution in [0, 0.1) is 0 Å². The van der Waals surface area contributed by atoms with Crippen LogP contribution < -0.4 is 5.73 Å². The van der Waals surface area contributed by atoms with Gasteiger partial charge in [-0.25, -0.2) is 9.78 Å². The largest absolute Gasteiger partial charge is 0.455 e. The molecule has 0 radical (unpaired) electrons. The molecule has 7 heteroatoms. The highest BCUT2D eigenvalue weighted by Gasteiger charge is 2.24. The van der Waals surface area contributed by atoms with E-state index in [0.29, 0.717) is 5.13 Å². The van der Waals surface area contributed by atoms with Crippen LogP contribution in [0.5, 0.6) is 0 Å². The molecule has 0 aliphatic rings. The number of hydrogen-bond donors (Lipinski definition) is 2. The molecule has 1 aromatic rings. The number of nitrogens with zero attached hydrogens (tertiary/aromatic N) is 2. The standard InChI is InChI=1S/C9H13N3O3S/c1-9(2,3)15-7(13)6(12-14)5-4-16-8(10)11-5/h4,14H,1-3H3,(H2,10,11). The van der Waals surface area contributed by atoms with Gasteiger partial charge in [-0.1, -0.05) is 5.16 Å². The van der Waals surface area contributed by atoms with Gasteiger partial charge < -0.3 is 15.7 Å². The Labute approximate surface area is 96.7 Å². The van der Waals surface area contributed by atoms with Crippen molar-refractivity contribution in [1.82, 2.24) is 4.98 Å². The fraction of sp³-hybridized carbons (Fsp3) is 0.444. The maximum atomic E-state index is 11.6. The summed E-state index contributed by atoms with van der Waals surface area (Å²) < 4.78 is 5.05. The number of nitrogens with two attached hydrogens (primary N) is 1. The maximum Gasteiger partial charge on any atom is 0.363 e. The Kier molecular flexibility index (Phi) is 3.48. The summed E-state index contributed by atoms with van der Waals surface area (Å²) in [5.41, 5.74) is 4.72. The highest BCUT2D eigenvalue weighted by atomic mass is 32.1. The first kappa shape index (κ1) is 12.4. The van der Waals surface area contributed by atoms with Gasteiger partial charge in [0.25, 0.3) is 0 Å². The third-order valence-corrected chi connectivity index (χ3v) is 2.13. The lowest BCUT2D eigenvalue weighted by Crippen LogP contribution is -2.29. The van der Waals surface area contributed by atoms with Crippen molar-refractivity contribution in [2.24, 2.45) is 5.16 Å². The first-order valence-corrected chi connectivity index (χ1v) is 5.38. The van der Waals surface area contributed by atoms with E-state index in [0.717, 1.165) is 11.3 Å². The van der Waals surface area contributed by atoms with Gasteiger partial charge in [-0.2, -0.15) is 0 Å². The third-order valence-electron chi connectivity index (χ3n) is 1.46. The number of carbonyl (C=O) groups excluding carboxylic acids is 1. The third kappa shape index (κ3) is 3.20. The molecule has 0 amide bonds. The second kappa shape index (κ2) is 4.48. The second-order valence-corrected chi connectivity index (χ2v) is 4.91. The Morgan fingerprint density at radius 1 is 1.62 bits per heavy atom. The van der Waals surface area contributed by atoms with Crippen molar-refractivity contribution in [3.8, 4) is 0 Å². The van der Waals surface area contributed by atoms with E-state index in [1.807, 2.05) is 0 Å². The van der Waals surface area contributed by atoms with Crippen molar-refractivity contribution in [3.63, 3.8) is 0 Å². The molecule has 0 fully saturated rings. The van der Waals surface area contributed by atoms with Crippen molar-refractivity contribution in [3.05, 3.63) is 11.1 Å². The number of anilines is 1. The number of rotatable bonds is 2. The van der Waals surface area contributed by atoms with Crippen LogP contribution in [0.4, 0.5) is 5.13 Å². The van der Waals surface area contributed by atoms with Gasteiger partial charge in [-0.15, -0.1) is 11.3 Å². The average Bonchev–Trinajstić information content (AvgIpc) is 2.49. The van der Waals surface area contributed by atoms with Crippen molar-refractivity contribution in [2.45, 2.75) is 26.4 Å². The lowest BCUT2D eigenvalue weighted by Gasteiger charge is -2.19. The predicted molar refractivity (Wildman–Crippen MR) is 60.7 cm³/mol. The lowest BCUT2D eigenvalue weighted by atomic mass is 10.2. The molecule has 1 rings (SSSR count). The van der Waals surface area contributed by atoms with Crippen LogP contribution in [-0.4, -0.2) is 27.5 Å². The van der Waals surface area contributed by atoms with E-state index < -0.39 is 11.6 Å². The van der Waals surface area contributed by atoms with Crippen LogP contribution in [-0.2, 0) is 9.53 Å². The first-order valence-electron chi connectivity index (χ1n) is 4.50. The molecule has 0 unspecified atom stereocenters. The zero-order valence-electron chi connectivity index (χ0n) is 9.22. The van der Waals surface area contributed by atoms with Crippen LogP contribution in [0.25, 0.3) is 0 Å². The molecule has 6 nitrogen and oxygen atoms in total. The van der Waals surface area contributed by atoms with Crippen molar-refractivity contribution in [2.75, 3.05) is 5.73 Å². The highest BCUT2D eigenvalue weighted by molar-refractivity contribution is 7.13. The molecule has 88 valence electrons. The summed E-state index contributed by atoms with van der Waals surface area (Å²) >= 11 is 1.15. The summed E-state index contributed by atoms with van der Waals surface area (Å²) in [5, 5.41) is 13.5. The van der Waals surface area contributed by atoms with Gasteiger partial charge in [-0.3, -0.25) is 0 Å². The normalized spacial score (nSPS) is 12.6. The fourth-order valence-corrected chi connectivity index (χ4v) is 1.47. The molecular weight excluding hydrogens is 230 g/mol. The minimum Gasteiger partial charge on any atom is -0.455 e. The zero-order chi connectivity index (χ0) is 12.3. The van der Waals surface area contributed by atoms with Crippen molar-refractivity contribution < 1.29 is 14.7 Å². The minimum absolute atomic E-state index is 0.208. The van der Waals surface area contributed by atoms with Crippen LogP contribution >= 0.6 is 11.3 Å². The van der Waals surface area contributed by atoms with E-state index in [4.69, 9.17) is 15.7 Å². The zero-order valence-corrected chi connectivity index (χ0v) is 10.0. The first-order chi connectivity index (χ1) is 7.33. The van der Waals surface area contributed by atoms with E-state index in [1.165, 1.54) is 5.38 Å². The van der Waals surface area contributed by atoms with Gasteiger partial charge >= 0.3 is 5.97 Å². The molecule has 1 heterocycles. The fourth-order valence-electron chi connectivity index (χ4n) is 0.919. The number of nitrogen functional groups attached to an aromatic ring is 1. The number of aromatic nitrogens is 1. The Bertz CT molecular complexity index is 420. The number of oxime groups is 1. The highest BCUT2D eigenvalue weighted by Crippen LogP contribution is 2.14. The Balaban J connectivity index is 2.89. The van der Waals surface area contributed by atoms with Gasteiger partial charge in [0.1, 0.15) is 11.3 Å². The van der Waals surface area contributed by atoms with Crippen LogP contribution in [0.2, 0.25) is 0 Å². The molecule has 3 N–H and O–H groups in total. The minimum atomic E-state index is -0.736. The average molecular weight is 243 g/mol. The monoisotopic (exact) mass is 243 g/mol. The van der Waals surface area contributed by atoms with E-state index in [-0.39, 0.29) is 11.4 Å². The van der Waals surface area contributed by atoms with E-state index in [9.17, 15) is 4.79 Å². The molecular formula is C9H13N3O3S. The molecule has 0 aliphatic heterocycles. The number of ether oxygens (including phenoxy) is 1. The second-order valence-electron chi connectivity index (χ2n) is 4.02. The molecule has 0 spiro atoms. The topological polar surface area (TPSA) is 97.8 Å². The molecule has 1 aromatic heterocycles. The van der Waals surface area contributed by atoms with Crippen LogP contribution in [0.3, 0.4) is 0 Å². The smallest absolute Gasteiger partial charge is 0.363 e. The summed E-state index contributed by atoms with van der Waals surface area (Å²) in [7, 11) is 0. The molecule has 16 heavy (non-hydrogen) atoms. The summed E-state index contributed by atoms with van der Waals surface area (Å²) in [6, 6.07) is 0. The maximum absolute atomic E-state index is 11.6. The lowest BCUT2D eigenvalue weighted by molar-refractivity contribution is -0.146. The van der Waals surface area contributed by atoms with Gasteiger partial charge in [0, 0.05) is 5.38 Å². The van der Waals surface area contributed by atoms with Gasteiger partial charge in [0.2, 0.25) is 5.71 Å². The van der Waals surface area contributed by atoms with E-state index in [2.05, 4.69) is 10.1 Å². The van der Waals surface area contributed by atoms with Gasteiger partial charge in [-0.05, 0) is 20.8 Å². The van der Waals surface area contributed by atoms with E-state index >= 15 is 0 Å². The molecule has 0 saturated heterocycles. The summed E-state index contributed by atoms with van der Waals surface area (Å²) in [6.07, 6.45) is 0. The molecule has 0 bridgehead atoms. The summed E-state index contributed by atoms with van der Waals surface area (Å²) in [5.74, 6) is -0.736. The molecule has 0 atom stereocenters. The molecule has 0 saturated carbocycles. The predicted octanol–water partition coefficient (Wildman–Crippen LogP) is 1.25. The quantitative estimate of drug-likeness (QED) is 0.352. The van der Waals surface area contributed by atoms with Crippen LogP contribution in [0.1, 0.15) is 26.5 Å².